The van der Waals surface area contributed by atoms with E-state index in [1.54, 1.807) is 7.11 Å². The number of rotatable bonds is 6. The minimum absolute atomic E-state index is 0.436. The Balaban J connectivity index is 1.79. The fourth-order valence-corrected chi connectivity index (χ4v) is 5.81. The van der Waals surface area contributed by atoms with E-state index in [0.29, 0.717) is 0 Å². The first-order valence-electron chi connectivity index (χ1n) is 10.4. The lowest BCUT2D eigenvalue weighted by Crippen LogP contribution is -2.30. The molecule has 0 fully saturated rings. The summed E-state index contributed by atoms with van der Waals surface area (Å²) in [5.74, 6) is 7.29. The summed E-state index contributed by atoms with van der Waals surface area (Å²) in [6.07, 6.45) is 0. The quantitative estimate of drug-likeness (QED) is 0.328. The molecule has 1 atom stereocenters. The first-order valence-corrected chi connectivity index (χ1v) is 12.1. The topological polar surface area (TPSA) is 38.3 Å². The molecule has 4 aromatic rings. The molecule has 0 radical (unpaired) electrons. The molecule has 0 spiro atoms. The van der Waals surface area contributed by atoms with Gasteiger partial charge in [-0.05, 0) is 48.0 Å². The summed E-state index contributed by atoms with van der Waals surface area (Å²) in [5, 5.41) is 4.92. The number of hydrogen-bond donors (Lipinski definition) is 1. The molecule has 0 aliphatic heterocycles. The third kappa shape index (κ3) is 5.01. The minimum atomic E-state index is -3.16. The highest BCUT2D eigenvalue weighted by atomic mass is 31.2. The summed E-state index contributed by atoms with van der Waals surface area (Å²) in [5.41, 5.74) is 1.79. The minimum Gasteiger partial charge on any atom is -0.497 e. The van der Waals surface area contributed by atoms with Crippen molar-refractivity contribution in [1.82, 2.24) is 5.09 Å². The highest BCUT2D eigenvalue weighted by Gasteiger charge is 2.30. The Morgan fingerprint density at radius 1 is 0.750 bits per heavy atom. The maximum absolute atomic E-state index is 14.5. The van der Waals surface area contributed by atoms with Gasteiger partial charge in [0.25, 0.3) is 0 Å². The Hall–Kier alpha value is -3.57. The van der Waals surface area contributed by atoms with E-state index in [-0.39, 0.29) is 0 Å². The van der Waals surface area contributed by atoms with Crippen LogP contribution in [0.15, 0.2) is 115 Å². The molecule has 4 aromatic carbocycles. The van der Waals surface area contributed by atoms with E-state index >= 15 is 0 Å². The third-order valence-electron chi connectivity index (χ3n) is 5.11. The number of hydrogen-bond acceptors (Lipinski definition) is 2. The normalized spacial score (nSPS) is 11.8. The molecule has 0 aromatic heterocycles. The van der Waals surface area contributed by atoms with Crippen molar-refractivity contribution in [3.8, 4) is 17.6 Å². The van der Waals surface area contributed by atoms with Crippen molar-refractivity contribution in [1.29, 1.82) is 0 Å². The Kier molecular flexibility index (Phi) is 6.87. The van der Waals surface area contributed by atoms with Crippen LogP contribution in [0.2, 0.25) is 0 Å². The zero-order valence-electron chi connectivity index (χ0n) is 17.8. The van der Waals surface area contributed by atoms with Crippen molar-refractivity contribution in [2.75, 3.05) is 7.11 Å². The molecule has 0 aliphatic carbocycles. The van der Waals surface area contributed by atoms with Gasteiger partial charge in [-0.15, -0.1) is 0 Å². The van der Waals surface area contributed by atoms with Crippen LogP contribution in [0.5, 0.6) is 5.75 Å². The second kappa shape index (κ2) is 10.2. The predicted octanol–water partition coefficient (Wildman–Crippen LogP) is 5.31. The van der Waals surface area contributed by atoms with Crippen LogP contribution >= 0.6 is 7.29 Å². The Bertz CT molecular complexity index is 1220. The molecule has 0 amide bonds. The van der Waals surface area contributed by atoms with Crippen LogP contribution in [-0.4, -0.2) is 7.11 Å². The Labute approximate surface area is 189 Å². The summed E-state index contributed by atoms with van der Waals surface area (Å²) in [7, 11) is -1.52. The summed E-state index contributed by atoms with van der Waals surface area (Å²) in [4.78, 5) is 0. The van der Waals surface area contributed by atoms with Crippen LogP contribution in [0.1, 0.15) is 17.2 Å². The first kappa shape index (κ1) is 21.7. The second-order valence-electron chi connectivity index (χ2n) is 7.25. The zero-order valence-corrected chi connectivity index (χ0v) is 18.7. The number of methoxy groups -OCH3 is 1. The standard InChI is InChI=1S/C28H24NO2P/c1-31-25-15-11-12-23(22-25)20-21-28(24-13-5-2-6-14-24)29-32(30,26-16-7-3-8-17-26)27-18-9-4-10-19-27/h2-19,22,28H,1H3,(H,29,30)/t28-/m1/s1. The summed E-state index contributed by atoms with van der Waals surface area (Å²) < 4.78 is 19.8. The molecular formula is C28H24NO2P. The largest absolute Gasteiger partial charge is 0.497 e. The van der Waals surface area contributed by atoms with Gasteiger partial charge >= 0.3 is 0 Å². The molecule has 32 heavy (non-hydrogen) atoms. The van der Waals surface area contributed by atoms with Gasteiger partial charge in [0.1, 0.15) is 11.8 Å². The maximum atomic E-state index is 14.5. The van der Waals surface area contributed by atoms with Crippen LogP contribution in [0, 0.1) is 11.8 Å². The summed E-state index contributed by atoms with van der Waals surface area (Å²) in [6, 6.07) is 36.2. The highest BCUT2D eigenvalue weighted by Crippen LogP contribution is 2.41. The van der Waals surface area contributed by atoms with Crippen molar-refractivity contribution in [3.63, 3.8) is 0 Å². The van der Waals surface area contributed by atoms with Gasteiger partial charge in [0.15, 0.2) is 0 Å². The molecule has 0 saturated heterocycles. The smallest absolute Gasteiger partial charge is 0.205 e. The van der Waals surface area contributed by atoms with Crippen molar-refractivity contribution in [2.45, 2.75) is 6.04 Å². The Morgan fingerprint density at radius 2 is 1.31 bits per heavy atom. The number of benzene rings is 4. The molecule has 0 aliphatic rings. The summed E-state index contributed by atoms with van der Waals surface area (Å²) >= 11 is 0. The van der Waals surface area contributed by atoms with E-state index < -0.39 is 13.3 Å². The van der Waals surface area contributed by atoms with Gasteiger partial charge in [0.05, 0.1) is 7.11 Å². The number of ether oxygens (including phenoxy) is 1. The van der Waals surface area contributed by atoms with E-state index in [2.05, 4.69) is 16.9 Å². The van der Waals surface area contributed by atoms with E-state index in [1.807, 2.05) is 115 Å². The average Bonchev–Trinajstić information content (AvgIpc) is 2.88. The zero-order chi connectivity index (χ0) is 22.2. The molecule has 0 heterocycles. The fourth-order valence-electron chi connectivity index (χ4n) is 3.45. The van der Waals surface area contributed by atoms with Crippen LogP contribution in [-0.2, 0) is 4.57 Å². The third-order valence-corrected chi connectivity index (χ3v) is 7.79. The molecule has 3 nitrogen and oxygen atoms in total. The summed E-state index contributed by atoms with van der Waals surface area (Å²) in [6.45, 7) is 0. The lowest BCUT2D eigenvalue weighted by Gasteiger charge is -2.24. The van der Waals surface area contributed by atoms with Gasteiger partial charge in [0, 0.05) is 16.2 Å². The maximum Gasteiger partial charge on any atom is 0.205 e. The van der Waals surface area contributed by atoms with Crippen molar-refractivity contribution in [3.05, 3.63) is 126 Å². The average molecular weight is 437 g/mol. The molecule has 0 bridgehead atoms. The Morgan fingerprint density at radius 3 is 1.88 bits per heavy atom. The molecule has 0 saturated carbocycles. The monoisotopic (exact) mass is 437 g/mol. The number of nitrogens with one attached hydrogen (secondary N) is 1. The van der Waals surface area contributed by atoms with E-state index in [1.165, 1.54) is 0 Å². The first-order chi connectivity index (χ1) is 15.7. The van der Waals surface area contributed by atoms with Crippen molar-refractivity contribution in [2.24, 2.45) is 0 Å². The van der Waals surface area contributed by atoms with E-state index in [4.69, 9.17) is 4.74 Å². The lowest BCUT2D eigenvalue weighted by molar-refractivity contribution is 0.414. The SMILES string of the molecule is COc1cccc(C#C[C@@H](NP(=O)(c2ccccc2)c2ccccc2)c2ccccc2)c1. The van der Waals surface area contributed by atoms with Crippen molar-refractivity contribution >= 4 is 17.9 Å². The van der Waals surface area contributed by atoms with Crippen LogP contribution in [0.3, 0.4) is 0 Å². The molecule has 0 unspecified atom stereocenters. The van der Waals surface area contributed by atoms with Crippen molar-refractivity contribution < 1.29 is 9.30 Å². The lowest BCUT2D eigenvalue weighted by atomic mass is 10.1. The molecule has 158 valence electrons. The van der Waals surface area contributed by atoms with Crippen LogP contribution in [0.4, 0.5) is 0 Å². The van der Waals surface area contributed by atoms with Gasteiger partial charge in [-0.3, -0.25) is 4.57 Å². The van der Waals surface area contributed by atoms with Gasteiger partial charge in [-0.2, -0.15) is 0 Å². The van der Waals surface area contributed by atoms with Gasteiger partial charge in [-0.1, -0.05) is 84.6 Å². The van der Waals surface area contributed by atoms with Crippen LogP contribution < -0.4 is 20.4 Å². The van der Waals surface area contributed by atoms with Gasteiger partial charge in [0.2, 0.25) is 7.29 Å². The highest BCUT2D eigenvalue weighted by molar-refractivity contribution is 7.76. The second-order valence-corrected chi connectivity index (χ2v) is 9.76. The van der Waals surface area contributed by atoms with E-state index in [9.17, 15) is 4.57 Å². The van der Waals surface area contributed by atoms with Crippen LogP contribution in [0.25, 0.3) is 0 Å². The van der Waals surface area contributed by atoms with Gasteiger partial charge < -0.3 is 4.74 Å². The van der Waals surface area contributed by atoms with Gasteiger partial charge in [-0.25, -0.2) is 5.09 Å². The fraction of sp³-hybridized carbons (Fsp3) is 0.0714. The predicted molar refractivity (Wildman–Crippen MR) is 132 cm³/mol. The molecule has 1 N–H and O–H groups in total. The molecule has 4 heteroatoms. The molecular weight excluding hydrogens is 413 g/mol. The van der Waals surface area contributed by atoms with E-state index in [0.717, 1.165) is 27.5 Å². The molecule has 4 rings (SSSR count).